The van der Waals surface area contributed by atoms with Crippen LogP contribution >= 0.6 is 22.9 Å². The fourth-order valence-electron chi connectivity index (χ4n) is 3.88. The lowest BCUT2D eigenvalue weighted by atomic mass is 10.0. The number of hydrogen-bond donors (Lipinski definition) is 1. The van der Waals surface area contributed by atoms with Crippen LogP contribution in [0.2, 0.25) is 5.02 Å². The summed E-state index contributed by atoms with van der Waals surface area (Å²) in [5, 5.41) is 14.3. The molecule has 174 valence electrons. The molecule has 0 saturated carbocycles. The average molecular weight is 501 g/mol. The summed E-state index contributed by atoms with van der Waals surface area (Å²) in [5.74, 6) is 0.149. The van der Waals surface area contributed by atoms with E-state index in [4.69, 9.17) is 11.6 Å². The van der Waals surface area contributed by atoms with Gasteiger partial charge in [-0.2, -0.15) is 0 Å². The van der Waals surface area contributed by atoms with Gasteiger partial charge in [0.1, 0.15) is 11.3 Å². The van der Waals surface area contributed by atoms with Gasteiger partial charge >= 0.3 is 0 Å². The first-order chi connectivity index (χ1) is 17.0. The summed E-state index contributed by atoms with van der Waals surface area (Å²) >= 11 is 7.80. The predicted molar refractivity (Wildman–Crippen MR) is 139 cm³/mol. The van der Waals surface area contributed by atoms with Crippen molar-refractivity contribution >= 4 is 45.4 Å². The molecule has 3 aromatic carbocycles. The number of nitrogens with zero attached hydrogens (tertiary/aromatic N) is 3. The Morgan fingerprint density at radius 2 is 1.74 bits per heavy atom. The monoisotopic (exact) mass is 500 g/mol. The summed E-state index contributed by atoms with van der Waals surface area (Å²) < 4.78 is 1.76. The molecule has 0 aliphatic carbocycles. The first kappa shape index (κ1) is 23.0. The summed E-state index contributed by atoms with van der Waals surface area (Å²) in [6.45, 7) is 2.20. The van der Waals surface area contributed by atoms with Crippen molar-refractivity contribution in [2.24, 2.45) is 0 Å². The Hall–Kier alpha value is -3.81. The van der Waals surface area contributed by atoms with Gasteiger partial charge in [-0.3, -0.25) is 14.2 Å². The van der Waals surface area contributed by atoms with E-state index < -0.39 is 0 Å². The number of hydrogen-bond acceptors (Lipinski definition) is 5. The van der Waals surface area contributed by atoms with E-state index in [1.54, 1.807) is 41.2 Å². The third-order valence-electron chi connectivity index (χ3n) is 5.73. The van der Waals surface area contributed by atoms with Crippen LogP contribution in [0.25, 0.3) is 15.8 Å². The minimum atomic E-state index is -0.210. The molecule has 6 nitrogen and oxygen atoms in total. The lowest BCUT2D eigenvalue weighted by Gasteiger charge is -2.09. The lowest BCUT2D eigenvalue weighted by molar-refractivity contribution is 0.0949. The molecule has 0 saturated heterocycles. The first-order valence-corrected chi connectivity index (χ1v) is 12.3. The van der Waals surface area contributed by atoms with Crippen molar-refractivity contribution in [3.63, 3.8) is 0 Å². The molecule has 8 heteroatoms. The molecular weight excluding hydrogens is 480 g/mol. The average Bonchev–Trinajstić information content (AvgIpc) is 3.53. The van der Waals surface area contributed by atoms with E-state index in [-0.39, 0.29) is 18.2 Å². The van der Waals surface area contributed by atoms with Crippen LogP contribution in [-0.2, 0) is 13.0 Å². The second kappa shape index (κ2) is 9.82. The number of thiophene rings is 1. The van der Waals surface area contributed by atoms with Gasteiger partial charge in [0.05, 0.1) is 17.1 Å². The Morgan fingerprint density at radius 1 is 0.971 bits per heavy atom. The van der Waals surface area contributed by atoms with Crippen molar-refractivity contribution in [1.82, 2.24) is 20.1 Å². The largest absolute Gasteiger partial charge is 0.345 e. The molecule has 0 spiro atoms. The Bertz CT molecular complexity index is 1560. The third kappa shape index (κ3) is 4.60. The lowest BCUT2D eigenvalue weighted by Crippen LogP contribution is -2.24. The summed E-state index contributed by atoms with van der Waals surface area (Å²) in [4.78, 5) is 27.3. The summed E-state index contributed by atoms with van der Waals surface area (Å²) in [6, 6.07) is 22.4. The maximum absolute atomic E-state index is 13.4. The molecule has 1 amide bonds. The third-order valence-corrected chi connectivity index (χ3v) is 7.34. The Morgan fingerprint density at radius 3 is 2.54 bits per heavy atom. The minimum absolute atomic E-state index is 0.157. The van der Waals surface area contributed by atoms with Crippen LogP contribution in [-0.4, -0.2) is 26.5 Å². The molecule has 2 heterocycles. The Labute approximate surface area is 211 Å². The smallest absolute Gasteiger partial charge is 0.251 e. The van der Waals surface area contributed by atoms with E-state index in [0.717, 1.165) is 22.1 Å². The molecule has 0 bridgehead atoms. The minimum Gasteiger partial charge on any atom is -0.345 e. The van der Waals surface area contributed by atoms with Gasteiger partial charge < -0.3 is 5.32 Å². The van der Waals surface area contributed by atoms with Crippen molar-refractivity contribution in [2.75, 3.05) is 0 Å². The van der Waals surface area contributed by atoms with Crippen molar-refractivity contribution in [3.05, 3.63) is 112 Å². The van der Waals surface area contributed by atoms with E-state index in [0.29, 0.717) is 32.5 Å². The SMILES string of the molecule is CCc1cc(C(=O)c2ccccc2Cl)c(-n2cnnc2CNC(=O)c2ccc3ccccc3c2)s1. The summed E-state index contributed by atoms with van der Waals surface area (Å²) in [5.41, 5.74) is 1.53. The molecule has 0 unspecified atom stereocenters. The van der Waals surface area contributed by atoms with Gasteiger partial charge in [0.15, 0.2) is 11.6 Å². The summed E-state index contributed by atoms with van der Waals surface area (Å²) in [6.07, 6.45) is 2.34. The van der Waals surface area contributed by atoms with Gasteiger partial charge in [-0.15, -0.1) is 21.5 Å². The van der Waals surface area contributed by atoms with Gasteiger partial charge in [-0.1, -0.05) is 61.0 Å². The number of carbonyl (C=O) groups excluding carboxylic acids is 2. The number of ketones is 1. The molecule has 5 aromatic rings. The van der Waals surface area contributed by atoms with Crippen molar-refractivity contribution in [2.45, 2.75) is 19.9 Å². The number of aromatic nitrogens is 3. The first-order valence-electron chi connectivity index (χ1n) is 11.1. The highest BCUT2D eigenvalue weighted by atomic mass is 35.5. The Balaban J connectivity index is 1.42. The number of benzene rings is 3. The molecule has 0 aliphatic heterocycles. The molecule has 0 radical (unpaired) electrons. The molecule has 0 fully saturated rings. The fourth-order valence-corrected chi connectivity index (χ4v) is 5.18. The maximum Gasteiger partial charge on any atom is 0.251 e. The molecule has 5 rings (SSSR count). The van der Waals surface area contributed by atoms with Gasteiger partial charge in [0, 0.05) is 16.0 Å². The van der Waals surface area contributed by atoms with Gasteiger partial charge in [-0.05, 0) is 47.5 Å². The van der Waals surface area contributed by atoms with E-state index in [1.807, 2.05) is 49.4 Å². The zero-order valence-corrected chi connectivity index (χ0v) is 20.4. The van der Waals surface area contributed by atoms with Crippen molar-refractivity contribution < 1.29 is 9.59 Å². The molecule has 0 aliphatic rings. The van der Waals surface area contributed by atoms with Crippen molar-refractivity contribution in [3.8, 4) is 5.00 Å². The topological polar surface area (TPSA) is 76.9 Å². The predicted octanol–water partition coefficient (Wildman–Crippen LogP) is 5.86. The number of rotatable bonds is 7. The van der Waals surface area contributed by atoms with Crippen LogP contribution in [0.15, 0.2) is 79.1 Å². The highest BCUT2D eigenvalue weighted by Crippen LogP contribution is 2.31. The van der Waals surface area contributed by atoms with E-state index >= 15 is 0 Å². The highest BCUT2D eigenvalue weighted by molar-refractivity contribution is 7.15. The highest BCUT2D eigenvalue weighted by Gasteiger charge is 2.22. The van der Waals surface area contributed by atoms with E-state index in [1.165, 1.54) is 11.3 Å². The van der Waals surface area contributed by atoms with Crippen LogP contribution in [0.5, 0.6) is 0 Å². The summed E-state index contributed by atoms with van der Waals surface area (Å²) in [7, 11) is 0. The van der Waals surface area contributed by atoms with Crippen LogP contribution in [0, 0.1) is 0 Å². The van der Waals surface area contributed by atoms with E-state index in [2.05, 4.69) is 15.5 Å². The molecule has 2 aromatic heterocycles. The van der Waals surface area contributed by atoms with Gasteiger partial charge in [0.2, 0.25) is 0 Å². The standard InChI is InChI=1S/C27H21ClN4O2S/c1-2-20-14-22(25(33)21-9-5-6-10-23(21)28)27(35-20)32-16-30-31-24(32)15-29-26(34)19-12-11-17-7-3-4-8-18(17)13-19/h3-14,16H,2,15H2,1H3,(H,29,34). The van der Waals surface area contributed by atoms with Gasteiger partial charge in [-0.25, -0.2) is 0 Å². The van der Waals surface area contributed by atoms with Crippen molar-refractivity contribution in [1.29, 1.82) is 0 Å². The zero-order valence-electron chi connectivity index (χ0n) is 18.9. The Kier molecular flexibility index (Phi) is 6.44. The number of aryl methyl sites for hydroxylation is 1. The number of halogens is 1. The second-order valence-electron chi connectivity index (χ2n) is 7.96. The maximum atomic E-state index is 13.4. The van der Waals surface area contributed by atoms with E-state index in [9.17, 15) is 9.59 Å². The van der Waals surface area contributed by atoms with Crippen LogP contribution in [0.1, 0.15) is 43.9 Å². The number of amides is 1. The van der Waals surface area contributed by atoms with Gasteiger partial charge in [0.25, 0.3) is 5.91 Å². The molecule has 1 N–H and O–H groups in total. The number of fused-ring (bicyclic) bond motifs is 1. The quantitative estimate of drug-likeness (QED) is 0.284. The number of carbonyl (C=O) groups is 2. The van der Waals surface area contributed by atoms with Crippen LogP contribution in [0.4, 0.5) is 0 Å². The number of nitrogens with one attached hydrogen (secondary N) is 1. The second-order valence-corrected chi connectivity index (χ2v) is 9.48. The zero-order chi connectivity index (χ0) is 24.4. The van der Waals surface area contributed by atoms with Crippen LogP contribution < -0.4 is 5.32 Å². The molecule has 0 atom stereocenters. The molecule has 35 heavy (non-hydrogen) atoms. The fraction of sp³-hybridized carbons (Fsp3) is 0.111. The molecular formula is C27H21ClN4O2S. The van der Waals surface area contributed by atoms with Crippen LogP contribution in [0.3, 0.4) is 0 Å². The normalized spacial score (nSPS) is 11.0.